The highest BCUT2D eigenvalue weighted by molar-refractivity contribution is 5.94. The Balaban J connectivity index is 1.52. The molecule has 1 aliphatic rings. The fraction of sp³-hybridized carbons (Fsp3) is 0.316. The van der Waals surface area contributed by atoms with Crippen molar-refractivity contribution in [2.45, 2.75) is 13.3 Å². The van der Waals surface area contributed by atoms with Crippen LogP contribution in [0.3, 0.4) is 0 Å². The molecule has 1 aliphatic heterocycles. The number of amides is 1. The van der Waals surface area contributed by atoms with Crippen molar-refractivity contribution in [2.75, 3.05) is 24.5 Å². The highest BCUT2D eigenvalue weighted by Crippen LogP contribution is 2.23. The summed E-state index contributed by atoms with van der Waals surface area (Å²) in [6.45, 7) is 4.65. The van der Waals surface area contributed by atoms with E-state index in [1.165, 1.54) is 23.4 Å². The number of benzene rings is 2. The van der Waals surface area contributed by atoms with Crippen LogP contribution < -0.4 is 10.2 Å². The minimum Gasteiger partial charge on any atom is -0.371 e. The Morgan fingerprint density at radius 2 is 2.04 bits per heavy atom. The molecule has 1 amide bonds. The van der Waals surface area contributed by atoms with E-state index in [9.17, 15) is 9.18 Å². The van der Waals surface area contributed by atoms with Gasteiger partial charge in [-0.25, -0.2) is 4.39 Å². The Bertz CT molecular complexity index is 684. The number of nitrogens with one attached hydrogen (secondary N) is 1. The molecule has 1 unspecified atom stereocenters. The van der Waals surface area contributed by atoms with Gasteiger partial charge in [-0.15, -0.1) is 0 Å². The van der Waals surface area contributed by atoms with Crippen LogP contribution in [-0.4, -0.2) is 25.5 Å². The van der Waals surface area contributed by atoms with E-state index in [2.05, 4.69) is 41.4 Å². The third-order valence-electron chi connectivity index (χ3n) is 4.32. The first-order chi connectivity index (χ1) is 11.1. The van der Waals surface area contributed by atoms with Gasteiger partial charge in [0.2, 0.25) is 0 Å². The van der Waals surface area contributed by atoms with Crippen molar-refractivity contribution in [3.63, 3.8) is 0 Å². The minimum atomic E-state index is -0.385. The van der Waals surface area contributed by atoms with Crippen LogP contribution in [0.25, 0.3) is 0 Å². The maximum atomic E-state index is 13.1. The third kappa shape index (κ3) is 3.89. The van der Waals surface area contributed by atoms with Crippen LogP contribution >= 0.6 is 0 Å². The number of hydrogen-bond acceptors (Lipinski definition) is 2. The SMILES string of the molecule is Cc1ccc(N2CCC(CNC(=O)c3cccc(F)c3)C2)cc1. The second-order valence-corrected chi connectivity index (χ2v) is 6.16. The molecule has 1 saturated heterocycles. The molecule has 1 N–H and O–H groups in total. The topological polar surface area (TPSA) is 32.3 Å². The van der Waals surface area contributed by atoms with E-state index in [1.807, 2.05) is 0 Å². The van der Waals surface area contributed by atoms with E-state index < -0.39 is 0 Å². The Morgan fingerprint density at radius 1 is 1.26 bits per heavy atom. The second kappa shape index (κ2) is 6.82. The summed E-state index contributed by atoms with van der Waals surface area (Å²) in [4.78, 5) is 14.4. The summed E-state index contributed by atoms with van der Waals surface area (Å²) in [5, 5.41) is 2.92. The fourth-order valence-corrected chi connectivity index (χ4v) is 2.96. The predicted molar refractivity (Wildman–Crippen MR) is 90.2 cm³/mol. The van der Waals surface area contributed by atoms with Crippen molar-refractivity contribution in [2.24, 2.45) is 5.92 Å². The van der Waals surface area contributed by atoms with Crippen molar-refractivity contribution in [3.8, 4) is 0 Å². The lowest BCUT2D eigenvalue weighted by Crippen LogP contribution is -2.31. The van der Waals surface area contributed by atoms with Crippen molar-refractivity contribution in [1.82, 2.24) is 5.32 Å². The summed E-state index contributed by atoms with van der Waals surface area (Å²) < 4.78 is 13.1. The normalized spacial score (nSPS) is 17.3. The van der Waals surface area contributed by atoms with Gasteiger partial charge in [0.25, 0.3) is 5.91 Å². The van der Waals surface area contributed by atoms with Gasteiger partial charge >= 0.3 is 0 Å². The molecule has 1 heterocycles. The number of aryl methyl sites for hydroxylation is 1. The molecule has 0 aromatic heterocycles. The smallest absolute Gasteiger partial charge is 0.251 e. The lowest BCUT2D eigenvalue weighted by Gasteiger charge is -2.19. The molecule has 0 bridgehead atoms. The van der Waals surface area contributed by atoms with E-state index in [1.54, 1.807) is 12.1 Å². The number of hydrogen-bond donors (Lipinski definition) is 1. The number of nitrogens with zero attached hydrogens (tertiary/aromatic N) is 1. The van der Waals surface area contributed by atoms with E-state index in [4.69, 9.17) is 0 Å². The Morgan fingerprint density at radius 3 is 2.78 bits per heavy atom. The largest absolute Gasteiger partial charge is 0.371 e. The zero-order valence-corrected chi connectivity index (χ0v) is 13.3. The molecule has 0 spiro atoms. The highest BCUT2D eigenvalue weighted by atomic mass is 19.1. The van der Waals surface area contributed by atoms with Gasteiger partial charge in [0.05, 0.1) is 0 Å². The van der Waals surface area contributed by atoms with Gasteiger partial charge in [-0.05, 0) is 49.6 Å². The summed E-state index contributed by atoms with van der Waals surface area (Å²) >= 11 is 0. The molecule has 0 aliphatic carbocycles. The Kier molecular flexibility index (Phi) is 4.60. The van der Waals surface area contributed by atoms with Crippen LogP contribution in [-0.2, 0) is 0 Å². The highest BCUT2D eigenvalue weighted by Gasteiger charge is 2.23. The Labute approximate surface area is 136 Å². The summed E-state index contributed by atoms with van der Waals surface area (Å²) in [6, 6.07) is 14.3. The average Bonchev–Trinajstić information content (AvgIpc) is 3.02. The number of halogens is 1. The molecule has 1 atom stereocenters. The molecule has 0 radical (unpaired) electrons. The molecule has 23 heavy (non-hydrogen) atoms. The summed E-state index contributed by atoms with van der Waals surface area (Å²) in [5.41, 5.74) is 2.86. The molecular weight excluding hydrogens is 291 g/mol. The van der Waals surface area contributed by atoms with Crippen LogP contribution in [0.15, 0.2) is 48.5 Å². The molecule has 1 fully saturated rings. The molecule has 2 aromatic rings. The van der Waals surface area contributed by atoms with Crippen LogP contribution in [0.5, 0.6) is 0 Å². The van der Waals surface area contributed by atoms with E-state index in [0.717, 1.165) is 19.5 Å². The van der Waals surface area contributed by atoms with E-state index >= 15 is 0 Å². The number of carbonyl (C=O) groups is 1. The molecule has 4 heteroatoms. The van der Waals surface area contributed by atoms with Crippen molar-refractivity contribution < 1.29 is 9.18 Å². The number of rotatable bonds is 4. The zero-order valence-electron chi connectivity index (χ0n) is 13.3. The van der Waals surface area contributed by atoms with E-state index in [0.29, 0.717) is 18.0 Å². The molecular formula is C19H21FN2O. The van der Waals surface area contributed by atoms with Crippen LogP contribution in [0, 0.1) is 18.7 Å². The number of anilines is 1. The minimum absolute atomic E-state index is 0.210. The zero-order chi connectivity index (χ0) is 16.2. The number of carbonyl (C=O) groups excluding carboxylic acids is 1. The van der Waals surface area contributed by atoms with Gasteiger partial charge in [-0.2, -0.15) is 0 Å². The van der Waals surface area contributed by atoms with Crippen LogP contribution in [0.4, 0.5) is 10.1 Å². The van der Waals surface area contributed by atoms with Gasteiger partial charge in [-0.3, -0.25) is 4.79 Å². The second-order valence-electron chi connectivity index (χ2n) is 6.16. The van der Waals surface area contributed by atoms with Crippen molar-refractivity contribution >= 4 is 11.6 Å². The lowest BCUT2D eigenvalue weighted by atomic mass is 10.1. The van der Waals surface area contributed by atoms with Gasteiger partial charge in [0.1, 0.15) is 5.82 Å². The maximum Gasteiger partial charge on any atom is 0.251 e. The van der Waals surface area contributed by atoms with Gasteiger partial charge in [0, 0.05) is 30.9 Å². The summed E-state index contributed by atoms with van der Waals surface area (Å²) in [7, 11) is 0. The monoisotopic (exact) mass is 312 g/mol. The van der Waals surface area contributed by atoms with Crippen LogP contribution in [0.2, 0.25) is 0 Å². The Hall–Kier alpha value is -2.36. The summed E-state index contributed by atoms with van der Waals surface area (Å²) in [5.74, 6) is -0.170. The first-order valence-electron chi connectivity index (χ1n) is 7.97. The van der Waals surface area contributed by atoms with Gasteiger partial charge < -0.3 is 10.2 Å². The van der Waals surface area contributed by atoms with Gasteiger partial charge in [-0.1, -0.05) is 23.8 Å². The average molecular weight is 312 g/mol. The first-order valence-corrected chi connectivity index (χ1v) is 7.97. The third-order valence-corrected chi connectivity index (χ3v) is 4.32. The molecule has 120 valence electrons. The van der Waals surface area contributed by atoms with Gasteiger partial charge in [0.15, 0.2) is 0 Å². The fourth-order valence-electron chi connectivity index (χ4n) is 2.96. The van der Waals surface area contributed by atoms with E-state index in [-0.39, 0.29) is 11.7 Å². The molecule has 3 rings (SSSR count). The first kappa shape index (κ1) is 15.5. The quantitative estimate of drug-likeness (QED) is 0.938. The molecule has 3 nitrogen and oxygen atoms in total. The predicted octanol–water partition coefficient (Wildman–Crippen LogP) is 3.39. The van der Waals surface area contributed by atoms with Crippen molar-refractivity contribution in [1.29, 1.82) is 0 Å². The summed E-state index contributed by atoms with van der Waals surface area (Å²) in [6.07, 6.45) is 1.05. The maximum absolute atomic E-state index is 13.1. The lowest BCUT2D eigenvalue weighted by molar-refractivity contribution is 0.0948. The van der Waals surface area contributed by atoms with Crippen LogP contribution in [0.1, 0.15) is 22.3 Å². The molecule has 2 aromatic carbocycles. The standard InChI is InChI=1S/C19H21FN2O/c1-14-5-7-18(8-6-14)22-10-9-15(13-22)12-21-19(23)16-3-2-4-17(20)11-16/h2-8,11,15H,9-10,12-13H2,1H3,(H,21,23). The molecule has 0 saturated carbocycles. The van der Waals surface area contributed by atoms with Crippen molar-refractivity contribution in [3.05, 3.63) is 65.5 Å².